The molecule has 0 spiro atoms. The number of hydrogen-bond acceptors (Lipinski definition) is 3. The van der Waals surface area contributed by atoms with E-state index in [0.29, 0.717) is 5.56 Å². The molecule has 2 aromatic rings. The lowest BCUT2D eigenvalue weighted by atomic mass is 10.2. The monoisotopic (exact) mass is 255 g/mol. The van der Waals surface area contributed by atoms with Crippen molar-refractivity contribution in [2.24, 2.45) is 0 Å². The van der Waals surface area contributed by atoms with E-state index in [0.717, 1.165) is 6.07 Å². The molecular weight excluding hydrogens is 248 g/mol. The van der Waals surface area contributed by atoms with Gasteiger partial charge in [-0.1, -0.05) is 11.6 Å². The van der Waals surface area contributed by atoms with Crippen LogP contribution < -0.4 is 5.73 Å². The summed E-state index contributed by atoms with van der Waals surface area (Å²) in [5.41, 5.74) is 5.92. The van der Waals surface area contributed by atoms with Crippen molar-refractivity contribution in [2.75, 3.05) is 5.73 Å². The highest BCUT2D eigenvalue weighted by Gasteiger charge is 2.12. The van der Waals surface area contributed by atoms with E-state index < -0.39 is 11.6 Å². The summed E-state index contributed by atoms with van der Waals surface area (Å²) < 4.78 is 26.1. The highest BCUT2D eigenvalue weighted by atomic mass is 35.5. The first-order valence-corrected chi connectivity index (χ1v) is 5.12. The van der Waals surface area contributed by atoms with Crippen LogP contribution in [0.2, 0.25) is 5.02 Å². The maximum absolute atomic E-state index is 13.2. The molecule has 2 rings (SSSR count). The largest absolute Gasteiger partial charge is 0.381 e. The Labute approximate surface area is 101 Å². The first-order chi connectivity index (χ1) is 7.99. The summed E-state index contributed by atoms with van der Waals surface area (Å²) in [6, 6.07) is 3.78. The number of hydrogen-bond donors (Lipinski definition) is 1. The number of nitrogens with two attached hydrogens (primary N) is 1. The molecule has 0 amide bonds. The van der Waals surface area contributed by atoms with Crippen LogP contribution in [0.25, 0.3) is 11.4 Å². The fourth-order valence-corrected chi connectivity index (χ4v) is 1.62. The normalized spacial score (nSPS) is 10.6. The standard InChI is InChI=1S/C11H8ClF2N3/c1-5-9(14)10(15)17-11(16-5)7-3-2-6(13)4-8(7)12/h2-4H,1H3,(H2,15,16,17). The van der Waals surface area contributed by atoms with Crippen LogP contribution >= 0.6 is 11.6 Å². The predicted octanol–water partition coefficient (Wildman–Crippen LogP) is 2.97. The van der Waals surface area contributed by atoms with Crippen molar-refractivity contribution in [2.45, 2.75) is 6.92 Å². The molecule has 2 N–H and O–H groups in total. The lowest BCUT2D eigenvalue weighted by Gasteiger charge is -2.06. The van der Waals surface area contributed by atoms with E-state index in [1.54, 1.807) is 0 Å². The predicted molar refractivity (Wildman–Crippen MR) is 61.5 cm³/mol. The fourth-order valence-electron chi connectivity index (χ4n) is 1.37. The number of aromatic nitrogens is 2. The van der Waals surface area contributed by atoms with Crippen LogP contribution in [0, 0.1) is 18.6 Å². The van der Waals surface area contributed by atoms with Gasteiger partial charge in [-0.05, 0) is 25.1 Å². The molecule has 1 aromatic carbocycles. The minimum Gasteiger partial charge on any atom is -0.381 e. The van der Waals surface area contributed by atoms with Crippen molar-refractivity contribution in [1.29, 1.82) is 0 Å². The van der Waals surface area contributed by atoms with Crippen LogP contribution in [0.3, 0.4) is 0 Å². The summed E-state index contributed by atoms with van der Waals surface area (Å²) in [5.74, 6) is -1.21. The Bertz CT molecular complexity index is 564. The number of nitrogen functional groups attached to an aromatic ring is 1. The van der Waals surface area contributed by atoms with Crippen molar-refractivity contribution in [1.82, 2.24) is 9.97 Å². The molecule has 0 bridgehead atoms. The number of anilines is 1. The van der Waals surface area contributed by atoms with Crippen molar-refractivity contribution >= 4 is 17.4 Å². The van der Waals surface area contributed by atoms with Gasteiger partial charge in [0.2, 0.25) is 0 Å². The SMILES string of the molecule is Cc1nc(-c2ccc(F)cc2Cl)nc(N)c1F. The number of aryl methyl sites for hydroxylation is 1. The Balaban J connectivity index is 2.61. The third kappa shape index (κ3) is 2.19. The molecule has 0 saturated carbocycles. The molecule has 0 radical (unpaired) electrons. The quantitative estimate of drug-likeness (QED) is 0.852. The van der Waals surface area contributed by atoms with E-state index in [4.69, 9.17) is 17.3 Å². The van der Waals surface area contributed by atoms with Gasteiger partial charge in [-0.15, -0.1) is 0 Å². The van der Waals surface area contributed by atoms with Gasteiger partial charge in [0.05, 0.1) is 10.7 Å². The average Bonchev–Trinajstić information content (AvgIpc) is 2.25. The molecule has 0 unspecified atom stereocenters. The van der Waals surface area contributed by atoms with Gasteiger partial charge in [0, 0.05) is 5.56 Å². The molecule has 1 aromatic heterocycles. The molecule has 0 aliphatic carbocycles. The van der Waals surface area contributed by atoms with Gasteiger partial charge in [0.15, 0.2) is 17.5 Å². The number of halogens is 3. The molecule has 0 fully saturated rings. The van der Waals surface area contributed by atoms with Crippen LogP contribution in [0.15, 0.2) is 18.2 Å². The van der Waals surface area contributed by atoms with E-state index in [-0.39, 0.29) is 22.4 Å². The highest BCUT2D eigenvalue weighted by Crippen LogP contribution is 2.27. The van der Waals surface area contributed by atoms with Gasteiger partial charge in [-0.2, -0.15) is 0 Å². The summed E-state index contributed by atoms with van der Waals surface area (Å²) in [6.45, 7) is 1.47. The van der Waals surface area contributed by atoms with Gasteiger partial charge in [-0.3, -0.25) is 0 Å². The Morgan fingerprint density at radius 2 is 1.94 bits per heavy atom. The summed E-state index contributed by atoms with van der Waals surface area (Å²) in [4.78, 5) is 7.70. The first kappa shape index (κ1) is 11.7. The second-order valence-electron chi connectivity index (χ2n) is 3.46. The maximum atomic E-state index is 13.2. The molecule has 0 aliphatic heterocycles. The van der Waals surface area contributed by atoms with E-state index >= 15 is 0 Å². The lowest BCUT2D eigenvalue weighted by Crippen LogP contribution is -2.03. The Hall–Kier alpha value is -1.75. The molecular formula is C11H8ClF2N3. The number of benzene rings is 1. The van der Waals surface area contributed by atoms with E-state index in [9.17, 15) is 8.78 Å². The summed E-state index contributed by atoms with van der Waals surface area (Å²) >= 11 is 5.85. The zero-order chi connectivity index (χ0) is 12.6. The maximum Gasteiger partial charge on any atom is 0.186 e. The minimum absolute atomic E-state index is 0.118. The van der Waals surface area contributed by atoms with Crippen LogP contribution in [-0.2, 0) is 0 Å². The van der Waals surface area contributed by atoms with Gasteiger partial charge >= 0.3 is 0 Å². The van der Waals surface area contributed by atoms with Crippen LogP contribution in [0.1, 0.15) is 5.69 Å². The molecule has 17 heavy (non-hydrogen) atoms. The molecule has 0 saturated heterocycles. The van der Waals surface area contributed by atoms with Gasteiger partial charge in [-0.25, -0.2) is 18.7 Å². The second-order valence-corrected chi connectivity index (χ2v) is 3.86. The summed E-state index contributed by atoms with van der Waals surface area (Å²) in [6.07, 6.45) is 0. The van der Waals surface area contributed by atoms with E-state index in [1.165, 1.54) is 19.1 Å². The van der Waals surface area contributed by atoms with Crippen molar-refractivity contribution < 1.29 is 8.78 Å². The van der Waals surface area contributed by atoms with Gasteiger partial charge in [0.1, 0.15) is 5.82 Å². The van der Waals surface area contributed by atoms with Crippen LogP contribution in [0.5, 0.6) is 0 Å². The van der Waals surface area contributed by atoms with Crippen molar-refractivity contribution in [3.8, 4) is 11.4 Å². The van der Waals surface area contributed by atoms with Crippen molar-refractivity contribution in [3.05, 3.63) is 40.6 Å². The van der Waals surface area contributed by atoms with Crippen LogP contribution in [0.4, 0.5) is 14.6 Å². The molecule has 1 heterocycles. The summed E-state index contributed by atoms with van der Waals surface area (Å²) in [7, 11) is 0. The first-order valence-electron chi connectivity index (χ1n) is 4.74. The van der Waals surface area contributed by atoms with E-state index in [1.807, 2.05) is 0 Å². The Kier molecular flexibility index (Phi) is 2.93. The highest BCUT2D eigenvalue weighted by molar-refractivity contribution is 6.33. The Morgan fingerprint density at radius 3 is 2.53 bits per heavy atom. The van der Waals surface area contributed by atoms with Gasteiger partial charge in [0.25, 0.3) is 0 Å². The molecule has 6 heteroatoms. The fraction of sp³-hybridized carbons (Fsp3) is 0.0909. The molecule has 88 valence electrons. The lowest BCUT2D eigenvalue weighted by molar-refractivity contribution is 0.608. The third-order valence-corrected chi connectivity index (χ3v) is 2.53. The molecule has 0 atom stereocenters. The third-order valence-electron chi connectivity index (χ3n) is 2.21. The average molecular weight is 256 g/mol. The zero-order valence-electron chi connectivity index (χ0n) is 8.84. The number of rotatable bonds is 1. The molecule has 3 nitrogen and oxygen atoms in total. The van der Waals surface area contributed by atoms with Gasteiger partial charge < -0.3 is 5.73 Å². The van der Waals surface area contributed by atoms with Crippen molar-refractivity contribution in [3.63, 3.8) is 0 Å². The summed E-state index contributed by atoms with van der Waals surface area (Å²) in [5, 5.41) is 0.149. The minimum atomic E-state index is -0.660. The topological polar surface area (TPSA) is 51.8 Å². The number of nitrogens with zero attached hydrogens (tertiary/aromatic N) is 2. The smallest absolute Gasteiger partial charge is 0.186 e. The van der Waals surface area contributed by atoms with E-state index in [2.05, 4.69) is 9.97 Å². The zero-order valence-corrected chi connectivity index (χ0v) is 9.59. The molecule has 0 aliphatic rings. The van der Waals surface area contributed by atoms with Crippen LogP contribution in [-0.4, -0.2) is 9.97 Å². The Morgan fingerprint density at radius 1 is 1.24 bits per heavy atom. The second kappa shape index (κ2) is 4.25.